The Morgan fingerprint density at radius 1 is 1.39 bits per heavy atom. The van der Waals surface area contributed by atoms with E-state index in [-0.39, 0.29) is 0 Å². The standard InChI is InChI=1S/C16H16N4OS2/c1-2-21-13-6-3-5-12(9-13)11-17-20-15(18-19-16(20)22)10-14-7-4-8-23-14/h3-9,11H,2,10H2,1H3,(H,19,22)/b17-11-. The van der Waals surface area contributed by atoms with E-state index >= 15 is 0 Å². The second kappa shape index (κ2) is 7.34. The molecule has 1 aromatic carbocycles. The monoisotopic (exact) mass is 344 g/mol. The van der Waals surface area contributed by atoms with Crippen LogP contribution in [0.2, 0.25) is 0 Å². The number of rotatable bonds is 6. The summed E-state index contributed by atoms with van der Waals surface area (Å²) in [6, 6.07) is 11.9. The van der Waals surface area contributed by atoms with E-state index in [1.54, 1.807) is 22.2 Å². The van der Waals surface area contributed by atoms with Gasteiger partial charge in [0.05, 0.1) is 12.8 Å². The highest BCUT2D eigenvalue weighted by molar-refractivity contribution is 7.71. The van der Waals surface area contributed by atoms with Gasteiger partial charge in [-0.05, 0) is 48.3 Å². The molecular formula is C16H16N4OS2. The van der Waals surface area contributed by atoms with Crippen LogP contribution in [0.3, 0.4) is 0 Å². The Balaban J connectivity index is 1.83. The van der Waals surface area contributed by atoms with Crippen molar-refractivity contribution in [3.63, 3.8) is 0 Å². The molecule has 23 heavy (non-hydrogen) atoms. The first-order valence-corrected chi connectivity index (χ1v) is 8.51. The van der Waals surface area contributed by atoms with Crippen LogP contribution < -0.4 is 4.74 Å². The van der Waals surface area contributed by atoms with E-state index in [2.05, 4.69) is 21.4 Å². The molecule has 1 N–H and O–H groups in total. The molecule has 5 nitrogen and oxygen atoms in total. The Labute approximate surface area is 143 Å². The first-order valence-electron chi connectivity index (χ1n) is 7.22. The Morgan fingerprint density at radius 3 is 3.09 bits per heavy atom. The number of hydrogen-bond acceptors (Lipinski definition) is 5. The van der Waals surface area contributed by atoms with Gasteiger partial charge in [0, 0.05) is 11.3 Å². The van der Waals surface area contributed by atoms with Crippen LogP contribution in [0.4, 0.5) is 0 Å². The normalized spacial score (nSPS) is 11.2. The van der Waals surface area contributed by atoms with Gasteiger partial charge in [0.2, 0.25) is 4.77 Å². The fourth-order valence-electron chi connectivity index (χ4n) is 2.10. The number of H-pyrrole nitrogens is 1. The minimum Gasteiger partial charge on any atom is -0.494 e. The maximum atomic E-state index is 5.49. The molecule has 2 heterocycles. The van der Waals surface area contributed by atoms with Crippen molar-refractivity contribution < 1.29 is 4.74 Å². The summed E-state index contributed by atoms with van der Waals surface area (Å²) in [5.74, 6) is 1.61. The van der Waals surface area contributed by atoms with E-state index in [1.807, 2.05) is 42.6 Å². The molecule has 0 aliphatic rings. The summed E-state index contributed by atoms with van der Waals surface area (Å²) in [4.78, 5) is 1.22. The molecule has 0 bridgehead atoms. The molecule has 0 fully saturated rings. The highest BCUT2D eigenvalue weighted by Crippen LogP contribution is 2.14. The molecule has 0 amide bonds. The molecule has 0 spiro atoms. The van der Waals surface area contributed by atoms with Crippen LogP contribution in [0, 0.1) is 4.77 Å². The summed E-state index contributed by atoms with van der Waals surface area (Å²) in [6.45, 7) is 2.60. The van der Waals surface area contributed by atoms with Gasteiger partial charge in [0.25, 0.3) is 0 Å². The highest BCUT2D eigenvalue weighted by atomic mass is 32.1. The number of hydrogen-bond donors (Lipinski definition) is 1. The quantitative estimate of drug-likeness (QED) is 0.545. The van der Waals surface area contributed by atoms with Crippen LogP contribution in [-0.2, 0) is 6.42 Å². The maximum Gasteiger partial charge on any atom is 0.216 e. The summed E-state index contributed by atoms with van der Waals surface area (Å²) in [5.41, 5.74) is 0.945. The van der Waals surface area contributed by atoms with Gasteiger partial charge in [-0.2, -0.15) is 14.9 Å². The number of nitrogens with one attached hydrogen (secondary N) is 1. The predicted molar refractivity (Wildman–Crippen MR) is 95.1 cm³/mol. The highest BCUT2D eigenvalue weighted by Gasteiger charge is 2.06. The number of thiophene rings is 1. The van der Waals surface area contributed by atoms with Gasteiger partial charge < -0.3 is 4.74 Å². The molecule has 3 rings (SSSR count). The number of aromatic nitrogens is 3. The summed E-state index contributed by atoms with van der Waals surface area (Å²) in [6.07, 6.45) is 2.45. The Hall–Kier alpha value is -2.25. The van der Waals surface area contributed by atoms with Gasteiger partial charge >= 0.3 is 0 Å². The first-order chi connectivity index (χ1) is 11.3. The zero-order valence-corrected chi connectivity index (χ0v) is 14.2. The predicted octanol–water partition coefficient (Wildman–Crippen LogP) is 3.87. The SMILES string of the molecule is CCOc1cccc(/C=N\n2c(Cc3cccs3)n[nH]c2=S)c1. The van der Waals surface area contributed by atoms with Gasteiger partial charge in [-0.1, -0.05) is 18.2 Å². The lowest BCUT2D eigenvalue weighted by atomic mass is 10.2. The Morgan fingerprint density at radius 2 is 2.30 bits per heavy atom. The summed E-state index contributed by atoms with van der Waals surface area (Å²) >= 11 is 6.95. The fraction of sp³-hybridized carbons (Fsp3) is 0.188. The summed E-state index contributed by atoms with van der Waals surface area (Å²) in [5, 5.41) is 13.6. The van der Waals surface area contributed by atoms with E-state index < -0.39 is 0 Å². The van der Waals surface area contributed by atoms with Crippen molar-refractivity contribution in [2.24, 2.45) is 5.10 Å². The van der Waals surface area contributed by atoms with Crippen molar-refractivity contribution in [1.82, 2.24) is 14.9 Å². The van der Waals surface area contributed by atoms with E-state index in [1.165, 1.54) is 4.88 Å². The van der Waals surface area contributed by atoms with Crippen LogP contribution in [0.1, 0.15) is 23.2 Å². The zero-order valence-electron chi connectivity index (χ0n) is 12.6. The van der Waals surface area contributed by atoms with Crippen LogP contribution >= 0.6 is 23.6 Å². The molecule has 7 heteroatoms. The van der Waals surface area contributed by atoms with Gasteiger partial charge in [-0.3, -0.25) is 5.10 Å². The molecule has 2 aromatic heterocycles. The third-order valence-electron chi connectivity index (χ3n) is 3.12. The lowest BCUT2D eigenvalue weighted by Gasteiger charge is -2.03. The largest absolute Gasteiger partial charge is 0.494 e. The first kappa shape index (κ1) is 15.6. The summed E-state index contributed by atoms with van der Waals surface area (Å²) in [7, 11) is 0. The van der Waals surface area contributed by atoms with Crippen LogP contribution in [0.5, 0.6) is 5.75 Å². The second-order valence-corrected chi connectivity index (χ2v) is 6.18. The van der Waals surface area contributed by atoms with E-state index in [9.17, 15) is 0 Å². The smallest absolute Gasteiger partial charge is 0.216 e. The van der Waals surface area contributed by atoms with Gasteiger partial charge in [-0.15, -0.1) is 11.3 Å². The number of ether oxygens (including phenoxy) is 1. The lowest BCUT2D eigenvalue weighted by Crippen LogP contribution is -1.99. The van der Waals surface area contributed by atoms with Crippen LogP contribution in [-0.4, -0.2) is 27.7 Å². The average Bonchev–Trinajstić information content (AvgIpc) is 3.17. The summed E-state index contributed by atoms with van der Waals surface area (Å²) < 4.78 is 7.63. The topological polar surface area (TPSA) is 55.2 Å². The zero-order chi connectivity index (χ0) is 16.1. The Bertz CT molecular complexity index is 849. The third-order valence-corrected chi connectivity index (χ3v) is 4.26. The van der Waals surface area contributed by atoms with Crippen LogP contribution in [0.15, 0.2) is 46.9 Å². The van der Waals surface area contributed by atoms with Gasteiger partial charge in [0.1, 0.15) is 5.75 Å². The van der Waals surface area contributed by atoms with Crippen LogP contribution in [0.25, 0.3) is 0 Å². The van der Waals surface area contributed by atoms with E-state index in [0.29, 0.717) is 17.8 Å². The maximum absolute atomic E-state index is 5.49. The van der Waals surface area contributed by atoms with Crippen molar-refractivity contribution in [2.45, 2.75) is 13.3 Å². The molecule has 0 atom stereocenters. The van der Waals surface area contributed by atoms with Crippen molar-refractivity contribution in [3.8, 4) is 5.75 Å². The minimum absolute atomic E-state index is 0.480. The van der Waals surface area contributed by atoms with Gasteiger partial charge in [0.15, 0.2) is 5.82 Å². The Kier molecular flexibility index (Phi) is 4.99. The molecule has 0 saturated heterocycles. The molecule has 3 aromatic rings. The van der Waals surface area contributed by atoms with Crippen molar-refractivity contribution in [2.75, 3.05) is 6.61 Å². The molecule has 0 saturated carbocycles. The van der Waals surface area contributed by atoms with Crippen molar-refractivity contribution in [1.29, 1.82) is 0 Å². The number of benzene rings is 1. The number of aromatic amines is 1. The second-order valence-electron chi connectivity index (χ2n) is 4.76. The van der Waals surface area contributed by atoms with E-state index in [4.69, 9.17) is 17.0 Å². The van der Waals surface area contributed by atoms with Gasteiger partial charge in [-0.25, -0.2) is 0 Å². The molecular weight excluding hydrogens is 328 g/mol. The average molecular weight is 344 g/mol. The molecule has 0 unspecified atom stereocenters. The van der Waals surface area contributed by atoms with E-state index in [0.717, 1.165) is 17.1 Å². The third kappa shape index (κ3) is 3.94. The number of nitrogens with zero attached hydrogens (tertiary/aromatic N) is 3. The molecule has 118 valence electrons. The molecule has 0 radical (unpaired) electrons. The fourth-order valence-corrected chi connectivity index (χ4v) is 3.00. The minimum atomic E-state index is 0.480. The molecule has 0 aliphatic heterocycles. The van der Waals surface area contributed by atoms with Crippen molar-refractivity contribution >= 4 is 29.8 Å². The van der Waals surface area contributed by atoms with Crippen molar-refractivity contribution in [3.05, 3.63) is 62.8 Å². The molecule has 0 aliphatic carbocycles. The lowest BCUT2D eigenvalue weighted by molar-refractivity contribution is 0.340.